The number of methoxy groups -OCH3 is 2. The van der Waals surface area contributed by atoms with Crippen molar-refractivity contribution in [3.8, 4) is 5.75 Å². The van der Waals surface area contributed by atoms with Crippen LogP contribution in [0.4, 0.5) is 0 Å². The average molecular weight is 253 g/mol. The summed E-state index contributed by atoms with van der Waals surface area (Å²) >= 11 is 0. The molecule has 2 N–H and O–H groups in total. The fourth-order valence-corrected chi connectivity index (χ4v) is 1.46. The molecule has 0 bridgehead atoms. The maximum absolute atomic E-state index is 11.8. The van der Waals surface area contributed by atoms with E-state index >= 15 is 0 Å². The Balaban J connectivity index is 2.57. The van der Waals surface area contributed by atoms with E-state index in [1.165, 1.54) is 6.07 Å². The van der Waals surface area contributed by atoms with Crippen molar-refractivity contribution >= 4 is 5.91 Å². The van der Waals surface area contributed by atoms with Crippen LogP contribution in [-0.4, -0.2) is 44.5 Å². The Kier molecular flexibility index (Phi) is 5.61. The highest BCUT2D eigenvalue weighted by Crippen LogP contribution is 2.17. The first-order chi connectivity index (χ1) is 8.58. The summed E-state index contributed by atoms with van der Waals surface area (Å²) in [5, 5.41) is 12.3. The third-order valence-electron chi connectivity index (χ3n) is 2.65. The van der Waals surface area contributed by atoms with Crippen LogP contribution in [0.5, 0.6) is 5.75 Å². The van der Waals surface area contributed by atoms with Crippen LogP contribution in [0.25, 0.3) is 0 Å². The van der Waals surface area contributed by atoms with Gasteiger partial charge in [-0.15, -0.1) is 0 Å². The number of benzene rings is 1. The lowest BCUT2D eigenvalue weighted by molar-refractivity contribution is 0.0285. The van der Waals surface area contributed by atoms with E-state index in [0.29, 0.717) is 18.7 Å². The summed E-state index contributed by atoms with van der Waals surface area (Å²) in [6.45, 7) is 2.55. The summed E-state index contributed by atoms with van der Waals surface area (Å²) in [5.41, 5.74) is 1.16. The molecule has 5 heteroatoms. The summed E-state index contributed by atoms with van der Waals surface area (Å²) in [5.74, 6) is -0.133. The molecule has 100 valence electrons. The van der Waals surface area contributed by atoms with Crippen LogP contribution in [0.3, 0.4) is 0 Å². The third-order valence-corrected chi connectivity index (χ3v) is 2.65. The molecule has 18 heavy (non-hydrogen) atoms. The minimum atomic E-state index is -0.247. The number of nitrogens with one attached hydrogen (secondary N) is 1. The van der Waals surface area contributed by atoms with Crippen molar-refractivity contribution in [1.29, 1.82) is 0 Å². The first kappa shape index (κ1) is 14.5. The van der Waals surface area contributed by atoms with E-state index < -0.39 is 0 Å². The molecule has 0 radical (unpaired) electrons. The Morgan fingerprint density at radius 1 is 1.44 bits per heavy atom. The normalized spacial score (nSPS) is 12.2. The van der Waals surface area contributed by atoms with E-state index in [-0.39, 0.29) is 17.8 Å². The van der Waals surface area contributed by atoms with Crippen molar-refractivity contribution in [2.45, 2.75) is 13.0 Å². The Morgan fingerprint density at radius 3 is 2.72 bits per heavy atom. The molecule has 1 aromatic rings. The number of phenols is 1. The molecule has 0 aromatic heterocycles. The van der Waals surface area contributed by atoms with Gasteiger partial charge in [0, 0.05) is 26.3 Å². The predicted octanol–water partition coefficient (Wildman–Crippen LogP) is 1.09. The molecule has 0 aliphatic rings. The van der Waals surface area contributed by atoms with Crippen molar-refractivity contribution in [3.05, 3.63) is 29.3 Å². The number of hydrogen-bond acceptors (Lipinski definition) is 4. The maximum Gasteiger partial charge on any atom is 0.251 e. The van der Waals surface area contributed by atoms with Crippen molar-refractivity contribution in [2.75, 3.05) is 27.4 Å². The first-order valence-corrected chi connectivity index (χ1v) is 5.68. The highest BCUT2D eigenvalue weighted by molar-refractivity contribution is 5.94. The van der Waals surface area contributed by atoms with E-state index in [2.05, 4.69) is 5.32 Å². The summed E-state index contributed by atoms with van der Waals surface area (Å²) in [6, 6.07) is 4.82. The second kappa shape index (κ2) is 6.98. The summed E-state index contributed by atoms with van der Waals surface area (Å²) in [7, 11) is 3.14. The molecular formula is C13H19NO4. The number of carbonyl (C=O) groups is 1. The molecule has 0 aliphatic heterocycles. The molecule has 0 heterocycles. The van der Waals surface area contributed by atoms with Crippen LogP contribution in [0.2, 0.25) is 0 Å². The van der Waals surface area contributed by atoms with Gasteiger partial charge in [0.15, 0.2) is 0 Å². The van der Waals surface area contributed by atoms with E-state index in [4.69, 9.17) is 9.47 Å². The Morgan fingerprint density at radius 2 is 2.17 bits per heavy atom. The lowest BCUT2D eigenvalue weighted by Crippen LogP contribution is -2.35. The molecule has 0 fully saturated rings. The van der Waals surface area contributed by atoms with Crippen LogP contribution in [0.1, 0.15) is 15.9 Å². The third kappa shape index (κ3) is 4.01. The number of phenolic OH excluding ortho intramolecular Hbond substituents is 1. The Hall–Kier alpha value is -1.59. The molecule has 1 unspecified atom stereocenters. The highest BCUT2D eigenvalue weighted by Gasteiger charge is 2.11. The standard InChI is InChI=1S/C13H19NO4/c1-9-4-5-10(6-12(9)15)13(16)14-7-11(18-3)8-17-2/h4-6,11,15H,7-8H2,1-3H3,(H,14,16). The Labute approximate surface area is 107 Å². The van der Waals surface area contributed by atoms with Gasteiger partial charge in [0.05, 0.1) is 12.7 Å². The fourth-order valence-electron chi connectivity index (χ4n) is 1.46. The lowest BCUT2D eigenvalue weighted by atomic mass is 10.1. The quantitative estimate of drug-likeness (QED) is 0.796. The van der Waals surface area contributed by atoms with Crippen molar-refractivity contribution < 1.29 is 19.4 Å². The zero-order valence-corrected chi connectivity index (χ0v) is 10.9. The van der Waals surface area contributed by atoms with Gasteiger partial charge in [-0.3, -0.25) is 4.79 Å². The van der Waals surface area contributed by atoms with Crippen LogP contribution in [-0.2, 0) is 9.47 Å². The van der Waals surface area contributed by atoms with Crippen LogP contribution < -0.4 is 5.32 Å². The molecule has 0 saturated carbocycles. The smallest absolute Gasteiger partial charge is 0.251 e. The molecule has 0 saturated heterocycles. The monoisotopic (exact) mass is 253 g/mol. The molecule has 0 spiro atoms. The van der Waals surface area contributed by atoms with Crippen molar-refractivity contribution in [3.63, 3.8) is 0 Å². The second-order valence-electron chi connectivity index (χ2n) is 4.02. The lowest BCUT2D eigenvalue weighted by Gasteiger charge is -2.15. The van der Waals surface area contributed by atoms with E-state index in [1.807, 2.05) is 0 Å². The van der Waals surface area contributed by atoms with Gasteiger partial charge in [-0.25, -0.2) is 0 Å². The van der Waals surface area contributed by atoms with E-state index in [0.717, 1.165) is 5.56 Å². The minimum absolute atomic E-state index is 0.114. The van der Waals surface area contributed by atoms with Crippen LogP contribution >= 0.6 is 0 Å². The first-order valence-electron chi connectivity index (χ1n) is 5.68. The zero-order chi connectivity index (χ0) is 13.5. The summed E-state index contributed by atoms with van der Waals surface area (Å²) in [4.78, 5) is 11.8. The van der Waals surface area contributed by atoms with Crippen molar-refractivity contribution in [2.24, 2.45) is 0 Å². The maximum atomic E-state index is 11.8. The molecular weight excluding hydrogens is 234 g/mol. The van der Waals surface area contributed by atoms with E-state index in [1.54, 1.807) is 33.3 Å². The van der Waals surface area contributed by atoms with Crippen LogP contribution in [0, 0.1) is 6.92 Å². The van der Waals surface area contributed by atoms with Gasteiger partial charge < -0.3 is 19.9 Å². The predicted molar refractivity (Wildman–Crippen MR) is 67.9 cm³/mol. The topological polar surface area (TPSA) is 67.8 Å². The highest BCUT2D eigenvalue weighted by atomic mass is 16.5. The number of ether oxygens (including phenoxy) is 2. The molecule has 0 aliphatic carbocycles. The van der Waals surface area contributed by atoms with Gasteiger partial charge in [-0.05, 0) is 24.6 Å². The van der Waals surface area contributed by atoms with Gasteiger partial charge in [0.2, 0.25) is 0 Å². The molecule has 1 atom stereocenters. The van der Waals surface area contributed by atoms with E-state index in [9.17, 15) is 9.90 Å². The largest absolute Gasteiger partial charge is 0.508 e. The number of hydrogen-bond donors (Lipinski definition) is 2. The molecule has 1 amide bonds. The van der Waals surface area contributed by atoms with Crippen LogP contribution in [0.15, 0.2) is 18.2 Å². The van der Waals surface area contributed by atoms with Gasteiger partial charge in [-0.1, -0.05) is 6.07 Å². The minimum Gasteiger partial charge on any atom is -0.508 e. The SMILES string of the molecule is COCC(CNC(=O)c1ccc(C)c(O)c1)OC. The fraction of sp³-hybridized carbons (Fsp3) is 0.462. The van der Waals surface area contributed by atoms with Gasteiger partial charge >= 0.3 is 0 Å². The van der Waals surface area contributed by atoms with Crippen molar-refractivity contribution in [1.82, 2.24) is 5.32 Å². The van der Waals surface area contributed by atoms with Gasteiger partial charge in [-0.2, -0.15) is 0 Å². The second-order valence-corrected chi connectivity index (χ2v) is 4.02. The summed E-state index contributed by atoms with van der Waals surface area (Å²) in [6.07, 6.45) is -0.182. The summed E-state index contributed by atoms with van der Waals surface area (Å²) < 4.78 is 10.1. The number of aromatic hydroxyl groups is 1. The zero-order valence-electron chi connectivity index (χ0n) is 10.9. The van der Waals surface area contributed by atoms with Gasteiger partial charge in [0.1, 0.15) is 5.75 Å². The molecule has 5 nitrogen and oxygen atoms in total. The number of aryl methyl sites for hydroxylation is 1. The van der Waals surface area contributed by atoms with Gasteiger partial charge in [0.25, 0.3) is 5.91 Å². The molecule has 1 rings (SSSR count). The number of rotatable bonds is 6. The molecule has 1 aromatic carbocycles. The Bertz CT molecular complexity index is 406. The number of amides is 1. The number of carbonyl (C=O) groups excluding carboxylic acids is 1. The average Bonchev–Trinajstić information content (AvgIpc) is 2.37.